The van der Waals surface area contributed by atoms with Crippen molar-refractivity contribution >= 4 is 43.8 Å². The van der Waals surface area contributed by atoms with Crippen LogP contribution in [0, 0.1) is 17.5 Å². The van der Waals surface area contributed by atoms with Gasteiger partial charge in [-0.2, -0.15) is 0 Å². The number of anilines is 2. The monoisotopic (exact) mass is 448 g/mol. The predicted octanol–water partition coefficient (Wildman–Crippen LogP) is 4.08. The van der Waals surface area contributed by atoms with E-state index in [0.717, 1.165) is 35.6 Å². The summed E-state index contributed by atoms with van der Waals surface area (Å²) in [6.45, 7) is 0. The number of nitrogens with zero attached hydrogens (tertiary/aromatic N) is 1. The molecule has 0 fully saturated rings. The zero-order chi connectivity index (χ0) is 20.5. The number of hydrogen-bond donors (Lipinski definition) is 3. The summed E-state index contributed by atoms with van der Waals surface area (Å²) < 4.78 is 68.1. The summed E-state index contributed by atoms with van der Waals surface area (Å²) in [5.41, 5.74) is 5.67. The lowest BCUT2D eigenvalue weighted by Crippen LogP contribution is -2.22. The third-order valence-corrected chi connectivity index (χ3v) is 6.06. The summed E-state index contributed by atoms with van der Waals surface area (Å²) in [5.74, 6) is -2.79. The summed E-state index contributed by atoms with van der Waals surface area (Å²) >= 11 is 7.06. The number of aromatic nitrogens is 1. The van der Waals surface area contributed by atoms with Gasteiger partial charge in [0.1, 0.15) is 28.5 Å². The lowest BCUT2D eigenvalue weighted by molar-refractivity contribution is 0.563. The quantitative estimate of drug-likeness (QED) is 0.493. The molecule has 1 atom stereocenters. The van der Waals surface area contributed by atoms with Gasteiger partial charge in [-0.15, -0.1) is 11.3 Å². The van der Waals surface area contributed by atoms with Gasteiger partial charge in [-0.05, 0) is 24.3 Å². The first-order chi connectivity index (χ1) is 13.2. The molecule has 28 heavy (non-hydrogen) atoms. The molecule has 0 spiro atoms. The smallest absolute Gasteiger partial charge is 0.266 e. The highest BCUT2D eigenvalue weighted by Crippen LogP contribution is 2.31. The molecule has 0 amide bonds. The standard InChI is InChI=1S/C16H12ClF3N4O2S2/c17-10-6-14(28(25,26)24-16-22-3-4-27-16)12(20)7-13(10)23-15(21)9-2-1-8(18)5-11(9)19/h1-7,15,23H,21H2,(H,22,24)/t15-/m1/s1. The van der Waals surface area contributed by atoms with Crippen LogP contribution in [0.1, 0.15) is 11.7 Å². The van der Waals surface area contributed by atoms with E-state index in [1.165, 1.54) is 6.20 Å². The molecule has 0 radical (unpaired) electrons. The molecule has 3 rings (SSSR count). The Kier molecular flexibility index (Phi) is 5.79. The zero-order valence-corrected chi connectivity index (χ0v) is 16.2. The van der Waals surface area contributed by atoms with Crippen molar-refractivity contribution in [3.8, 4) is 0 Å². The minimum absolute atomic E-state index is 0.0616. The number of thiazole rings is 1. The summed E-state index contributed by atoms with van der Waals surface area (Å²) in [6.07, 6.45) is 0.197. The lowest BCUT2D eigenvalue weighted by atomic mass is 10.1. The predicted molar refractivity (Wildman–Crippen MR) is 101 cm³/mol. The number of nitrogens with two attached hydrogens (primary N) is 1. The van der Waals surface area contributed by atoms with Crippen molar-refractivity contribution in [2.75, 3.05) is 10.0 Å². The molecule has 4 N–H and O–H groups in total. The minimum atomic E-state index is -4.27. The first-order valence-corrected chi connectivity index (χ1v) is 10.3. The van der Waals surface area contributed by atoms with Crippen LogP contribution in [-0.4, -0.2) is 13.4 Å². The second kappa shape index (κ2) is 7.95. The largest absolute Gasteiger partial charge is 0.365 e. The highest BCUT2D eigenvalue weighted by molar-refractivity contribution is 7.93. The van der Waals surface area contributed by atoms with Gasteiger partial charge in [-0.3, -0.25) is 4.72 Å². The topological polar surface area (TPSA) is 97.1 Å². The molecule has 0 saturated carbocycles. The van der Waals surface area contributed by atoms with E-state index in [1.54, 1.807) is 5.38 Å². The van der Waals surface area contributed by atoms with Crippen LogP contribution in [0.15, 0.2) is 46.8 Å². The van der Waals surface area contributed by atoms with Crippen LogP contribution in [0.5, 0.6) is 0 Å². The summed E-state index contributed by atoms with van der Waals surface area (Å²) in [6, 6.07) is 4.51. The Balaban J connectivity index is 1.87. The molecule has 0 unspecified atom stereocenters. The van der Waals surface area contributed by atoms with Crippen molar-refractivity contribution in [3.63, 3.8) is 0 Å². The Morgan fingerprint density at radius 3 is 2.54 bits per heavy atom. The van der Waals surface area contributed by atoms with Gasteiger partial charge in [-0.1, -0.05) is 11.6 Å². The molecule has 0 aliphatic rings. The molecule has 0 aliphatic heterocycles. The molecule has 1 heterocycles. The minimum Gasteiger partial charge on any atom is -0.365 e. The highest BCUT2D eigenvalue weighted by atomic mass is 35.5. The molecule has 148 valence electrons. The third-order valence-electron chi connectivity index (χ3n) is 3.57. The Hall–Kier alpha value is -2.34. The maximum absolute atomic E-state index is 14.4. The van der Waals surface area contributed by atoms with Crippen molar-refractivity contribution < 1.29 is 21.6 Å². The van der Waals surface area contributed by atoms with Crippen molar-refractivity contribution in [2.45, 2.75) is 11.1 Å². The van der Waals surface area contributed by atoms with Gasteiger partial charge in [0.25, 0.3) is 10.0 Å². The Morgan fingerprint density at radius 2 is 1.89 bits per heavy atom. The Bertz CT molecular complexity index is 1110. The fraction of sp³-hybridized carbons (Fsp3) is 0.0625. The number of halogens is 4. The first kappa shape index (κ1) is 20.4. The highest BCUT2D eigenvalue weighted by Gasteiger charge is 2.23. The maximum atomic E-state index is 14.4. The van der Waals surface area contributed by atoms with Crippen LogP contribution in [0.2, 0.25) is 5.02 Å². The van der Waals surface area contributed by atoms with Gasteiger partial charge in [-0.25, -0.2) is 26.6 Å². The molecular weight excluding hydrogens is 437 g/mol. The average molecular weight is 449 g/mol. The number of benzene rings is 2. The molecule has 2 aromatic carbocycles. The van der Waals surface area contributed by atoms with Crippen LogP contribution >= 0.6 is 22.9 Å². The van der Waals surface area contributed by atoms with Crippen molar-refractivity contribution in [2.24, 2.45) is 5.73 Å². The Morgan fingerprint density at radius 1 is 1.14 bits per heavy atom. The van der Waals surface area contributed by atoms with E-state index in [9.17, 15) is 21.6 Å². The van der Waals surface area contributed by atoms with Gasteiger partial charge in [0.15, 0.2) is 5.13 Å². The average Bonchev–Trinajstić information content (AvgIpc) is 3.09. The van der Waals surface area contributed by atoms with E-state index < -0.39 is 38.5 Å². The molecule has 6 nitrogen and oxygen atoms in total. The van der Waals surface area contributed by atoms with Crippen molar-refractivity contribution in [3.05, 3.63) is 69.9 Å². The van der Waals surface area contributed by atoms with Crippen LogP contribution in [0.4, 0.5) is 24.0 Å². The van der Waals surface area contributed by atoms with Crippen LogP contribution in [-0.2, 0) is 10.0 Å². The van der Waals surface area contributed by atoms with Crippen LogP contribution in [0.25, 0.3) is 0 Å². The van der Waals surface area contributed by atoms with E-state index in [1.807, 2.05) is 0 Å². The van der Waals surface area contributed by atoms with Gasteiger partial charge < -0.3 is 11.1 Å². The van der Waals surface area contributed by atoms with Crippen LogP contribution < -0.4 is 15.8 Å². The fourth-order valence-corrected chi connectivity index (χ4v) is 4.45. The number of sulfonamides is 1. The maximum Gasteiger partial charge on any atom is 0.266 e. The van der Waals surface area contributed by atoms with E-state index in [4.69, 9.17) is 17.3 Å². The zero-order valence-electron chi connectivity index (χ0n) is 13.8. The van der Waals surface area contributed by atoms with Crippen LogP contribution in [0.3, 0.4) is 0 Å². The third kappa shape index (κ3) is 4.38. The fourth-order valence-electron chi connectivity index (χ4n) is 2.29. The van der Waals surface area contributed by atoms with E-state index in [-0.39, 0.29) is 21.4 Å². The molecule has 0 aliphatic carbocycles. The van der Waals surface area contributed by atoms with E-state index in [0.29, 0.717) is 6.07 Å². The number of rotatable bonds is 6. The molecule has 0 bridgehead atoms. The molecule has 12 heteroatoms. The lowest BCUT2D eigenvalue weighted by Gasteiger charge is -2.18. The van der Waals surface area contributed by atoms with Crippen molar-refractivity contribution in [1.82, 2.24) is 4.98 Å². The first-order valence-electron chi connectivity index (χ1n) is 7.56. The Labute approximate surface area is 167 Å². The molecular formula is C16H12ClF3N4O2S2. The SMILES string of the molecule is N[C@H](Nc1cc(F)c(S(=O)(=O)Nc2nccs2)cc1Cl)c1ccc(F)cc1F. The molecule has 1 aromatic heterocycles. The summed E-state index contributed by atoms with van der Waals surface area (Å²) in [4.78, 5) is 3.07. The number of hydrogen-bond acceptors (Lipinski definition) is 6. The van der Waals surface area contributed by atoms with Gasteiger partial charge in [0, 0.05) is 23.2 Å². The van der Waals surface area contributed by atoms with Crippen molar-refractivity contribution in [1.29, 1.82) is 0 Å². The second-order valence-electron chi connectivity index (χ2n) is 5.49. The van der Waals surface area contributed by atoms with Gasteiger partial charge in [0.05, 0.1) is 10.7 Å². The number of nitrogens with one attached hydrogen (secondary N) is 2. The summed E-state index contributed by atoms with van der Waals surface area (Å²) in [7, 11) is -4.27. The second-order valence-corrected chi connectivity index (χ2v) is 8.45. The van der Waals surface area contributed by atoms with E-state index in [2.05, 4.69) is 15.0 Å². The molecule has 0 saturated heterocycles. The van der Waals surface area contributed by atoms with Gasteiger partial charge in [0.2, 0.25) is 0 Å². The molecule has 3 aromatic rings. The van der Waals surface area contributed by atoms with E-state index >= 15 is 0 Å². The van der Waals surface area contributed by atoms with Gasteiger partial charge >= 0.3 is 0 Å². The summed E-state index contributed by atoms with van der Waals surface area (Å²) in [5, 5.41) is 4.01. The normalized spacial score (nSPS) is 12.6.